The molecule has 0 radical (unpaired) electrons. The molecule has 0 aliphatic carbocycles. The van der Waals surface area contributed by atoms with Crippen LogP contribution in [0.15, 0.2) is 24.8 Å². The van der Waals surface area contributed by atoms with Gasteiger partial charge in [0.15, 0.2) is 0 Å². The highest BCUT2D eigenvalue weighted by molar-refractivity contribution is 5.57. The average molecular weight is 189 g/mol. The molecule has 0 bridgehead atoms. The quantitative estimate of drug-likeness (QED) is 0.730. The van der Waals surface area contributed by atoms with E-state index in [1.807, 2.05) is 6.07 Å². The second-order valence-electron chi connectivity index (χ2n) is 2.90. The van der Waals surface area contributed by atoms with E-state index in [0.717, 1.165) is 23.4 Å². The minimum absolute atomic E-state index is 0.609. The van der Waals surface area contributed by atoms with E-state index in [2.05, 4.69) is 20.2 Å². The zero-order valence-electron chi connectivity index (χ0n) is 7.64. The first-order valence-electron chi connectivity index (χ1n) is 4.40. The van der Waals surface area contributed by atoms with E-state index in [0.29, 0.717) is 6.54 Å². The maximum atomic E-state index is 5.49. The number of nitrogens with one attached hydrogen (secondary N) is 1. The first-order chi connectivity index (χ1) is 6.92. The Hall–Kier alpha value is -1.75. The Bertz CT molecular complexity index is 395. The zero-order chi connectivity index (χ0) is 9.80. The van der Waals surface area contributed by atoms with Crippen molar-refractivity contribution in [3.05, 3.63) is 30.4 Å². The molecule has 0 amide bonds. The van der Waals surface area contributed by atoms with Crippen LogP contribution in [-0.4, -0.2) is 26.7 Å². The van der Waals surface area contributed by atoms with Gasteiger partial charge in [0, 0.05) is 11.8 Å². The molecule has 0 fully saturated rings. The molecule has 2 heterocycles. The molecule has 0 aliphatic rings. The molecule has 5 heteroatoms. The van der Waals surface area contributed by atoms with Crippen LogP contribution in [0.25, 0.3) is 11.4 Å². The third-order valence-corrected chi connectivity index (χ3v) is 1.97. The minimum Gasteiger partial charge on any atom is -0.330 e. The average Bonchev–Trinajstić information content (AvgIpc) is 2.68. The van der Waals surface area contributed by atoms with E-state index in [-0.39, 0.29) is 0 Å². The fourth-order valence-electron chi connectivity index (χ4n) is 1.32. The molecule has 2 aromatic rings. The van der Waals surface area contributed by atoms with Crippen LogP contribution in [0.5, 0.6) is 0 Å². The highest BCUT2D eigenvalue weighted by Crippen LogP contribution is 2.17. The van der Waals surface area contributed by atoms with Crippen LogP contribution in [0.3, 0.4) is 0 Å². The summed E-state index contributed by atoms with van der Waals surface area (Å²) in [7, 11) is 0. The summed E-state index contributed by atoms with van der Waals surface area (Å²) >= 11 is 0. The number of H-pyrrole nitrogens is 1. The van der Waals surface area contributed by atoms with Crippen molar-refractivity contribution in [3.8, 4) is 11.4 Å². The molecule has 72 valence electrons. The first-order valence-corrected chi connectivity index (χ1v) is 4.40. The molecule has 14 heavy (non-hydrogen) atoms. The van der Waals surface area contributed by atoms with Crippen LogP contribution in [0.2, 0.25) is 0 Å². The normalized spacial score (nSPS) is 10.4. The van der Waals surface area contributed by atoms with Crippen molar-refractivity contribution in [2.24, 2.45) is 5.73 Å². The zero-order valence-corrected chi connectivity index (χ0v) is 7.64. The third-order valence-electron chi connectivity index (χ3n) is 1.97. The van der Waals surface area contributed by atoms with Gasteiger partial charge >= 0.3 is 0 Å². The van der Waals surface area contributed by atoms with Crippen LogP contribution in [0.1, 0.15) is 5.56 Å². The van der Waals surface area contributed by atoms with Gasteiger partial charge in [0.25, 0.3) is 0 Å². The molecular formula is C9H11N5. The molecule has 2 aromatic heterocycles. The minimum atomic E-state index is 0.609. The van der Waals surface area contributed by atoms with Gasteiger partial charge in [-0.2, -0.15) is 5.10 Å². The Labute approximate surface area is 81.4 Å². The maximum Gasteiger partial charge on any atom is 0.116 e. The number of hydrogen-bond donors (Lipinski definition) is 2. The number of aromatic amines is 1. The number of nitrogens with zero attached hydrogens (tertiary/aromatic N) is 3. The maximum absolute atomic E-state index is 5.49. The second kappa shape index (κ2) is 3.97. The van der Waals surface area contributed by atoms with Crippen molar-refractivity contribution < 1.29 is 0 Å². The lowest BCUT2D eigenvalue weighted by atomic mass is 10.1. The van der Waals surface area contributed by atoms with Crippen LogP contribution in [0, 0.1) is 0 Å². The molecule has 0 saturated heterocycles. The monoisotopic (exact) mass is 189 g/mol. The Morgan fingerprint density at radius 3 is 3.07 bits per heavy atom. The van der Waals surface area contributed by atoms with Crippen molar-refractivity contribution >= 4 is 0 Å². The molecule has 2 rings (SSSR count). The van der Waals surface area contributed by atoms with E-state index in [1.165, 1.54) is 6.33 Å². The topological polar surface area (TPSA) is 80.5 Å². The number of rotatable bonds is 3. The van der Waals surface area contributed by atoms with Crippen molar-refractivity contribution in [3.63, 3.8) is 0 Å². The van der Waals surface area contributed by atoms with Gasteiger partial charge in [-0.15, -0.1) is 0 Å². The predicted molar refractivity (Wildman–Crippen MR) is 52.4 cm³/mol. The molecule has 0 unspecified atom stereocenters. The van der Waals surface area contributed by atoms with Gasteiger partial charge < -0.3 is 5.73 Å². The van der Waals surface area contributed by atoms with Crippen LogP contribution >= 0.6 is 0 Å². The lowest BCUT2D eigenvalue weighted by molar-refractivity contribution is 0.970. The summed E-state index contributed by atoms with van der Waals surface area (Å²) in [6, 6.07) is 1.84. The molecule has 0 saturated carbocycles. The molecule has 0 spiro atoms. The number of hydrogen-bond acceptors (Lipinski definition) is 4. The number of nitrogens with two attached hydrogens (primary N) is 1. The van der Waals surface area contributed by atoms with Crippen molar-refractivity contribution in [2.75, 3.05) is 6.54 Å². The standard InChI is InChI=1S/C9H11N5/c10-3-1-7-5-13-14-9(7)8-2-4-11-6-12-8/h2,4-6H,1,3,10H2,(H,13,14). The molecule has 3 N–H and O–H groups in total. The van der Waals surface area contributed by atoms with Gasteiger partial charge in [-0.1, -0.05) is 0 Å². The van der Waals surface area contributed by atoms with Crippen LogP contribution in [-0.2, 0) is 6.42 Å². The van der Waals surface area contributed by atoms with Gasteiger partial charge in [-0.25, -0.2) is 9.97 Å². The predicted octanol–water partition coefficient (Wildman–Crippen LogP) is 0.368. The lowest BCUT2D eigenvalue weighted by Gasteiger charge is -1.99. The fourth-order valence-corrected chi connectivity index (χ4v) is 1.32. The van der Waals surface area contributed by atoms with E-state index < -0.39 is 0 Å². The van der Waals surface area contributed by atoms with Gasteiger partial charge in [0.1, 0.15) is 6.33 Å². The summed E-state index contributed by atoms with van der Waals surface area (Å²) in [5.74, 6) is 0. The highest BCUT2D eigenvalue weighted by Gasteiger charge is 2.06. The van der Waals surface area contributed by atoms with Crippen LogP contribution in [0.4, 0.5) is 0 Å². The smallest absolute Gasteiger partial charge is 0.116 e. The van der Waals surface area contributed by atoms with E-state index in [1.54, 1.807) is 12.4 Å². The van der Waals surface area contributed by atoms with E-state index in [4.69, 9.17) is 5.73 Å². The van der Waals surface area contributed by atoms with Gasteiger partial charge in [-0.05, 0) is 19.0 Å². The Morgan fingerprint density at radius 2 is 2.36 bits per heavy atom. The highest BCUT2D eigenvalue weighted by atomic mass is 15.1. The SMILES string of the molecule is NCCc1cn[nH]c1-c1ccncn1. The largest absolute Gasteiger partial charge is 0.330 e. The summed E-state index contributed by atoms with van der Waals surface area (Å²) < 4.78 is 0. The third kappa shape index (κ3) is 1.62. The Balaban J connectivity index is 2.37. The number of aromatic nitrogens is 4. The van der Waals surface area contributed by atoms with Gasteiger partial charge in [0.2, 0.25) is 0 Å². The van der Waals surface area contributed by atoms with Crippen LogP contribution < -0.4 is 5.73 Å². The summed E-state index contributed by atoms with van der Waals surface area (Å²) in [5.41, 5.74) is 8.36. The summed E-state index contributed by atoms with van der Waals surface area (Å²) in [6.07, 6.45) is 5.80. The van der Waals surface area contributed by atoms with Crippen molar-refractivity contribution in [2.45, 2.75) is 6.42 Å². The van der Waals surface area contributed by atoms with Gasteiger partial charge in [-0.3, -0.25) is 5.10 Å². The summed E-state index contributed by atoms with van der Waals surface area (Å²) in [5, 5.41) is 6.89. The second-order valence-corrected chi connectivity index (χ2v) is 2.90. The first kappa shape index (κ1) is 8.83. The van der Waals surface area contributed by atoms with Gasteiger partial charge in [0.05, 0.1) is 17.6 Å². The fraction of sp³-hybridized carbons (Fsp3) is 0.222. The molecular weight excluding hydrogens is 178 g/mol. The Kier molecular flexibility index (Phi) is 2.51. The molecule has 0 aliphatic heterocycles. The summed E-state index contributed by atoms with van der Waals surface area (Å²) in [4.78, 5) is 8.00. The lowest BCUT2D eigenvalue weighted by Crippen LogP contribution is -2.03. The van der Waals surface area contributed by atoms with Crippen molar-refractivity contribution in [1.82, 2.24) is 20.2 Å². The molecule has 0 aromatic carbocycles. The molecule has 0 atom stereocenters. The van der Waals surface area contributed by atoms with Crippen molar-refractivity contribution in [1.29, 1.82) is 0 Å². The molecule has 5 nitrogen and oxygen atoms in total. The Morgan fingerprint density at radius 1 is 1.43 bits per heavy atom. The van der Waals surface area contributed by atoms with E-state index in [9.17, 15) is 0 Å². The summed E-state index contributed by atoms with van der Waals surface area (Å²) in [6.45, 7) is 0.609. The van der Waals surface area contributed by atoms with E-state index >= 15 is 0 Å².